The van der Waals surface area contributed by atoms with Gasteiger partial charge in [-0.1, -0.05) is 159 Å². The van der Waals surface area contributed by atoms with Crippen LogP contribution in [0.3, 0.4) is 0 Å². The van der Waals surface area contributed by atoms with Crippen LogP contribution in [-0.2, 0) is 15.9 Å². The van der Waals surface area contributed by atoms with Crippen LogP contribution in [0.2, 0.25) is 0 Å². The zero-order valence-electron chi connectivity index (χ0n) is 24.9. The maximum Gasteiger partial charge on any atom is 0.524 e. The number of rotatable bonds is 9. The Morgan fingerprint density at radius 2 is 1.00 bits per heavy atom. The van der Waals surface area contributed by atoms with Crippen molar-refractivity contribution in [2.75, 3.05) is 0 Å². The first-order chi connectivity index (χ1) is 21.3. The van der Waals surface area contributed by atoms with Gasteiger partial charge in [-0.05, 0) is 39.3 Å². The molecule has 226 valence electrons. The van der Waals surface area contributed by atoms with Crippen LogP contribution in [-0.4, -0.2) is 16.1 Å². The molecule has 44 heavy (non-hydrogen) atoms. The van der Waals surface area contributed by atoms with Gasteiger partial charge in [-0.25, -0.2) is 4.79 Å². The van der Waals surface area contributed by atoms with Crippen molar-refractivity contribution in [1.29, 1.82) is 0 Å². The van der Waals surface area contributed by atoms with Crippen molar-refractivity contribution in [2.45, 2.75) is 38.2 Å². The fraction of sp³-hybridized carbons (Fsp3) is 0.162. The molecule has 0 heterocycles. The minimum Gasteiger partial charge on any atom is -0.449 e. The molecule has 0 spiro atoms. The van der Waals surface area contributed by atoms with Crippen molar-refractivity contribution in [3.63, 3.8) is 0 Å². The summed E-state index contributed by atoms with van der Waals surface area (Å²) in [5.41, 5.74) is 5.07. The molecule has 0 amide bonds. The van der Waals surface area contributed by atoms with Gasteiger partial charge in [0.1, 0.15) is 6.61 Å². The molecule has 0 radical (unpaired) electrons. The number of carbonyl (C=O) groups excluding carboxylic acids is 1. The highest BCUT2D eigenvalue weighted by Crippen LogP contribution is 2.27. The van der Waals surface area contributed by atoms with E-state index < -0.39 is 19.2 Å². The molecule has 0 aliphatic carbocycles. The second-order valence-electron chi connectivity index (χ2n) is 9.95. The van der Waals surface area contributed by atoms with Gasteiger partial charge in [0.25, 0.3) is 0 Å². The Hall–Kier alpha value is -4.12. The first kappa shape index (κ1) is 34.4. The van der Waals surface area contributed by atoms with Crippen LogP contribution in [0.15, 0.2) is 152 Å². The second-order valence-corrected chi connectivity index (χ2v) is 11.6. The van der Waals surface area contributed by atoms with E-state index in [1.165, 1.54) is 11.1 Å². The van der Waals surface area contributed by atoms with Crippen molar-refractivity contribution in [1.82, 2.24) is 5.32 Å². The van der Waals surface area contributed by atoms with Crippen LogP contribution in [0, 0.1) is 0 Å². The standard InChI is InChI=1S/C15H16NO2P.C14H14.C8H7ClO2/c1-12(19(17)18)16-15(13-8-4-2-5-9-13)14-10-6-3-7-11-14;1-12(13-8-4-2-5-9-13)14-10-6-3-7-11-14;9-8(10)11-6-7-4-2-1-3-5-7/h2-12,15-16H,1H3;2-12H,1H3;1-5H,6H2/p+1. The quantitative estimate of drug-likeness (QED) is 0.126. The largest absolute Gasteiger partial charge is 0.524 e. The summed E-state index contributed by atoms with van der Waals surface area (Å²) >= 11 is 4.97. The Morgan fingerprint density at radius 3 is 1.34 bits per heavy atom. The summed E-state index contributed by atoms with van der Waals surface area (Å²) in [4.78, 5) is 19.4. The number of ether oxygens (including phenoxy) is 1. The third-order valence-corrected chi connectivity index (χ3v) is 7.72. The topological polar surface area (TPSA) is 75.6 Å². The monoisotopic (exact) mass is 626 g/mol. The summed E-state index contributed by atoms with van der Waals surface area (Å²) in [5, 5.41) is 3.22. The van der Waals surface area contributed by atoms with E-state index in [2.05, 4.69) is 77.6 Å². The molecular weight excluding hydrogens is 589 g/mol. The summed E-state index contributed by atoms with van der Waals surface area (Å²) in [6.45, 7) is 4.20. The first-order valence-corrected chi connectivity index (χ1v) is 16.0. The van der Waals surface area contributed by atoms with Gasteiger partial charge in [0.2, 0.25) is 5.78 Å². The van der Waals surface area contributed by atoms with E-state index in [0.29, 0.717) is 5.92 Å². The molecule has 0 saturated carbocycles. The molecule has 2 atom stereocenters. The highest BCUT2D eigenvalue weighted by molar-refractivity contribution is 7.38. The molecule has 0 aromatic heterocycles. The van der Waals surface area contributed by atoms with Gasteiger partial charge in [0.15, 0.2) is 0 Å². The van der Waals surface area contributed by atoms with Gasteiger partial charge in [-0.3, -0.25) is 5.32 Å². The molecule has 0 aliphatic heterocycles. The third kappa shape index (κ3) is 12.2. The molecule has 5 aromatic carbocycles. The van der Waals surface area contributed by atoms with Gasteiger partial charge >= 0.3 is 13.5 Å². The molecule has 0 fully saturated rings. The van der Waals surface area contributed by atoms with Gasteiger partial charge < -0.3 is 4.74 Å². The summed E-state index contributed by atoms with van der Waals surface area (Å²) in [6, 6.07) is 50.3. The van der Waals surface area contributed by atoms with Crippen molar-refractivity contribution in [2.24, 2.45) is 0 Å². The van der Waals surface area contributed by atoms with Gasteiger partial charge in [0, 0.05) is 17.5 Å². The van der Waals surface area contributed by atoms with Crippen LogP contribution in [0.1, 0.15) is 53.6 Å². The average molecular weight is 627 g/mol. The van der Waals surface area contributed by atoms with Crippen molar-refractivity contribution in [3.05, 3.63) is 179 Å². The van der Waals surface area contributed by atoms with E-state index >= 15 is 0 Å². The lowest BCUT2D eigenvalue weighted by Gasteiger charge is -2.19. The predicted molar refractivity (Wildman–Crippen MR) is 180 cm³/mol. The molecule has 7 heteroatoms. The lowest BCUT2D eigenvalue weighted by Crippen LogP contribution is -2.28. The second kappa shape index (κ2) is 19.2. The minimum atomic E-state index is -2.24. The van der Waals surface area contributed by atoms with Crippen LogP contribution in [0.25, 0.3) is 0 Å². The number of hydrogen-bond donors (Lipinski definition) is 2. The lowest BCUT2D eigenvalue weighted by atomic mass is 9.93. The molecule has 0 aliphatic rings. The minimum absolute atomic E-state index is 0.0801. The van der Waals surface area contributed by atoms with E-state index in [1.807, 2.05) is 91.0 Å². The molecule has 5 aromatic rings. The highest BCUT2D eigenvalue weighted by Gasteiger charge is 2.27. The summed E-state index contributed by atoms with van der Waals surface area (Å²) in [6.07, 6.45) is 0. The highest BCUT2D eigenvalue weighted by atomic mass is 35.5. The van der Waals surface area contributed by atoms with Crippen molar-refractivity contribution in [3.8, 4) is 0 Å². The summed E-state index contributed by atoms with van der Waals surface area (Å²) in [5.74, 6) is 0.0258. The van der Waals surface area contributed by atoms with E-state index in [4.69, 9.17) is 11.6 Å². The Labute approximate surface area is 266 Å². The summed E-state index contributed by atoms with van der Waals surface area (Å²) in [7, 11) is -2.24. The summed E-state index contributed by atoms with van der Waals surface area (Å²) < 4.78 is 15.7. The van der Waals surface area contributed by atoms with Gasteiger partial charge in [0.05, 0.1) is 6.04 Å². The number of hydrogen-bond acceptors (Lipinski definition) is 4. The van der Waals surface area contributed by atoms with Crippen molar-refractivity contribution < 1.29 is 19.0 Å². The molecule has 5 nitrogen and oxygen atoms in total. The molecular formula is C37H38ClNO4P+. The molecule has 5 rings (SSSR count). The fourth-order valence-corrected chi connectivity index (χ4v) is 4.70. The lowest BCUT2D eigenvalue weighted by molar-refractivity contribution is 0.167. The van der Waals surface area contributed by atoms with E-state index in [-0.39, 0.29) is 12.6 Å². The van der Waals surface area contributed by atoms with Crippen molar-refractivity contribution >= 4 is 25.1 Å². The Morgan fingerprint density at radius 1 is 0.659 bits per heavy atom. The number of benzene rings is 5. The Bertz CT molecular complexity index is 1430. The molecule has 2 unspecified atom stereocenters. The predicted octanol–water partition coefficient (Wildman–Crippen LogP) is 9.85. The Kier molecular flexibility index (Phi) is 15.0. The van der Waals surface area contributed by atoms with E-state index in [9.17, 15) is 14.3 Å². The van der Waals surface area contributed by atoms with Crippen LogP contribution < -0.4 is 5.32 Å². The maximum atomic E-state index is 11.2. The van der Waals surface area contributed by atoms with Crippen LogP contribution >= 0.6 is 19.6 Å². The van der Waals surface area contributed by atoms with Gasteiger partial charge in [-0.15, -0.1) is 0 Å². The normalized spacial score (nSPS) is 11.4. The zero-order valence-corrected chi connectivity index (χ0v) is 26.5. The number of nitrogens with one attached hydrogen (secondary N) is 1. The SMILES string of the molecule is CC(NC(c1ccccc1)c1ccccc1)[P+](=O)O.CC(c1ccccc1)c1ccccc1.O=C(Cl)OCc1ccccc1. The number of halogens is 1. The fourth-order valence-electron chi connectivity index (χ4n) is 4.37. The van der Waals surface area contributed by atoms with Gasteiger partial charge in [-0.2, -0.15) is 4.89 Å². The van der Waals surface area contributed by atoms with E-state index in [1.54, 1.807) is 6.92 Å². The molecule has 0 bridgehead atoms. The smallest absolute Gasteiger partial charge is 0.449 e. The number of carbonyl (C=O) groups is 1. The average Bonchev–Trinajstić information content (AvgIpc) is 3.08. The maximum absolute atomic E-state index is 11.2. The van der Waals surface area contributed by atoms with E-state index in [0.717, 1.165) is 16.7 Å². The third-order valence-electron chi connectivity index (χ3n) is 6.80. The van der Waals surface area contributed by atoms with Crippen LogP contribution in [0.5, 0.6) is 0 Å². The Balaban J connectivity index is 0.000000188. The molecule has 2 N–H and O–H groups in total. The first-order valence-electron chi connectivity index (χ1n) is 14.3. The van der Waals surface area contributed by atoms with Crippen LogP contribution in [0.4, 0.5) is 4.79 Å². The molecule has 0 saturated heterocycles. The zero-order chi connectivity index (χ0) is 31.6.